The highest BCUT2D eigenvalue weighted by Crippen LogP contribution is 2.39. The highest BCUT2D eigenvalue weighted by atomic mass is 16.2. The Morgan fingerprint density at radius 3 is 2.64 bits per heavy atom. The zero-order valence-corrected chi connectivity index (χ0v) is 14.9. The summed E-state index contributed by atoms with van der Waals surface area (Å²) in [5.74, 6) is 0.0805. The molecule has 1 aliphatic rings. The van der Waals surface area contributed by atoms with E-state index in [1.54, 1.807) is 6.92 Å². The van der Waals surface area contributed by atoms with E-state index in [9.17, 15) is 4.79 Å². The fraction of sp³-hybridized carbons (Fsp3) is 0.333. The summed E-state index contributed by atoms with van der Waals surface area (Å²) >= 11 is 0. The third-order valence-corrected chi connectivity index (χ3v) is 4.75. The van der Waals surface area contributed by atoms with E-state index in [0.29, 0.717) is 6.42 Å². The van der Waals surface area contributed by atoms with Gasteiger partial charge in [-0.1, -0.05) is 29.8 Å². The van der Waals surface area contributed by atoms with Gasteiger partial charge in [-0.15, -0.1) is 0 Å². The fourth-order valence-corrected chi connectivity index (χ4v) is 3.61. The second kappa shape index (κ2) is 6.98. The van der Waals surface area contributed by atoms with Crippen molar-refractivity contribution in [3.8, 4) is 6.07 Å². The molecule has 1 aliphatic heterocycles. The molecule has 3 rings (SSSR count). The smallest absolute Gasteiger partial charge is 0.224 e. The number of amides is 1. The SMILES string of the molecule is CC(=O)N1c2ccc(C)cc2C(Nc2ccc(CC#N)cc2)CC1C. The molecular weight excluding hydrogens is 310 g/mol. The van der Waals surface area contributed by atoms with Gasteiger partial charge in [0.2, 0.25) is 5.91 Å². The maximum Gasteiger partial charge on any atom is 0.224 e. The van der Waals surface area contributed by atoms with E-state index in [0.717, 1.165) is 28.9 Å². The number of rotatable bonds is 3. The van der Waals surface area contributed by atoms with Gasteiger partial charge in [0.1, 0.15) is 0 Å². The number of nitrogens with zero attached hydrogens (tertiary/aromatic N) is 2. The molecule has 25 heavy (non-hydrogen) atoms. The largest absolute Gasteiger partial charge is 0.378 e. The number of aryl methyl sites for hydroxylation is 1. The molecule has 4 nitrogen and oxygen atoms in total. The van der Waals surface area contributed by atoms with Crippen molar-refractivity contribution in [1.82, 2.24) is 0 Å². The van der Waals surface area contributed by atoms with Crippen molar-refractivity contribution in [2.75, 3.05) is 10.2 Å². The zero-order valence-electron chi connectivity index (χ0n) is 14.9. The molecule has 2 atom stereocenters. The predicted octanol–water partition coefficient (Wildman–Crippen LogP) is 4.36. The molecule has 0 radical (unpaired) electrons. The molecule has 2 aromatic carbocycles. The van der Waals surface area contributed by atoms with Crippen LogP contribution in [0.3, 0.4) is 0 Å². The second-order valence-electron chi connectivity index (χ2n) is 6.76. The molecule has 1 heterocycles. The molecule has 128 valence electrons. The summed E-state index contributed by atoms with van der Waals surface area (Å²) in [6.45, 7) is 5.79. The van der Waals surface area contributed by atoms with Gasteiger partial charge >= 0.3 is 0 Å². The molecule has 0 aromatic heterocycles. The summed E-state index contributed by atoms with van der Waals surface area (Å²) in [4.78, 5) is 14.0. The number of carbonyl (C=O) groups excluding carboxylic acids is 1. The maximum absolute atomic E-state index is 12.1. The van der Waals surface area contributed by atoms with Crippen molar-refractivity contribution in [3.63, 3.8) is 0 Å². The van der Waals surface area contributed by atoms with Gasteiger partial charge in [0.25, 0.3) is 0 Å². The summed E-state index contributed by atoms with van der Waals surface area (Å²) < 4.78 is 0. The monoisotopic (exact) mass is 333 g/mol. The van der Waals surface area contributed by atoms with Gasteiger partial charge in [0, 0.05) is 24.3 Å². The summed E-state index contributed by atoms with van der Waals surface area (Å²) in [6.07, 6.45) is 1.28. The minimum Gasteiger partial charge on any atom is -0.378 e. The van der Waals surface area contributed by atoms with Crippen LogP contribution in [-0.2, 0) is 11.2 Å². The zero-order chi connectivity index (χ0) is 18.0. The number of benzene rings is 2. The van der Waals surface area contributed by atoms with Gasteiger partial charge in [-0.05, 0) is 49.6 Å². The Kier molecular flexibility index (Phi) is 4.76. The topological polar surface area (TPSA) is 56.1 Å². The number of anilines is 2. The lowest BCUT2D eigenvalue weighted by Crippen LogP contribution is -2.43. The first-order valence-corrected chi connectivity index (χ1v) is 8.62. The summed E-state index contributed by atoms with van der Waals surface area (Å²) in [6, 6.07) is 16.7. The Morgan fingerprint density at radius 2 is 2.00 bits per heavy atom. The maximum atomic E-state index is 12.1. The van der Waals surface area contributed by atoms with Crippen molar-refractivity contribution in [2.24, 2.45) is 0 Å². The van der Waals surface area contributed by atoms with Crippen molar-refractivity contribution in [3.05, 3.63) is 59.2 Å². The van der Waals surface area contributed by atoms with Crippen molar-refractivity contribution in [2.45, 2.75) is 45.7 Å². The van der Waals surface area contributed by atoms with Crippen LogP contribution in [0.4, 0.5) is 11.4 Å². The van der Waals surface area contributed by atoms with Crippen LogP contribution in [0, 0.1) is 18.3 Å². The standard InChI is InChI=1S/C21H23N3O/c1-14-4-9-21-19(12-14)20(13-15(2)24(21)16(3)25)23-18-7-5-17(6-8-18)10-11-22/h4-9,12,15,20,23H,10,13H2,1-3H3. The predicted molar refractivity (Wildman–Crippen MR) is 101 cm³/mol. The minimum absolute atomic E-state index is 0.0805. The van der Waals surface area contributed by atoms with E-state index in [1.165, 1.54) is 5.56 Å². The summed E-state index contributed by atoms with van der Waals surface area (Å²) in [5, 5.41) is 12.4. The molecule has 2 aromatic rings. The lowest BCUT2D eigenvalue weighted by Gasteiger charge is -2.39. The Balaban J connectivity index is 1.91. The number of nitrogens with one attached hydrogen (secondary N) is 1. The van der Waals surface area contributed by atoms with Gasteiger partial charge in [-0.2, -0.15) is 5.26 Å². The van der Waals surface area contributed by atoms with Crippen LogP contribution in [-0.4, -0.2) is 11.9 Å². The van der Waals surface area contributed by atoms with E-state index in [2.05, 4.69) is 37.4 Å². The molecule has 4 heteroatoms. The molecule has 0 saturated heterocycles. The number of hydrogen-bond acceptors (Lipinski definition) is 3. The first-order valence-electron chi connectivity index (χ1n) is 8.62. The average Bonchev–Trinajstić information content (AvgIpc) is 2.57. The molecule has 1 amide bonds. The molecule has 0 spiro atoms. The number of nitriles is 1. The Bertz CT molecular complexity index is 820. The van der Waals surface area contributed by atoms with Gasteiger partial charge in [0.05, 0.1) is 18.5 Å². The van der Waals surface area contributed by atoms with Crippen LogP contribution in [0.5, 0.6) is 0 Å². The second-order valence-corrected chi connectivity index (χ2v) is 6.76. The summed E-state index contributed by atoms with van der Waals surface area (Å²) in [7, 11) is 0. The van der Waals surface area contributed by atoms with Crippen LogP contribution < -0.4 is 10.2 Å². The van der Waals surface area contributed by atoms with E-state index in [4.69, 9.17) is 5.26 Å². The summed E-state index contributed by atoms with van der Waals surface area (Å²) in [5.41, 5.74) is 5.39. The average molecular weight is 333 g/mol. The Labute approximate surface area is 149 Å². The molecule has 0 aliphatic carbocycles. The highest BCUT2D eigenvalue weighted by molar-refractivity contribution is 5.93. The molecular formula is C21H23N3O. The molecule has 1 N–H and O–H groups in total. The van der Waals surface area contributed by atoms with Gasteiger partial charge in [-0.3, -0.25) is 4.79 Å². The fourth-order valence-electron chi connectivity index (χ4n) is 3.61. The third-order valence-electron chi connectivity index (χ3n) is 4.75. The van der Waals surface area contributed by atoms with E-state index in [-0.39, 0.29) is 18.0 Å². The first kappa shape index (κ1) is 17.0. The molecule has 2 unspecified atom stereocenters. The normalized spacial score (nSPS) is 19.0. The lowest BCUT2D eigenvalue weighted by atomic mass is 9.90. The number of fused-ring (bicyclic) bond motifs is 1. The van der Waals surface area contributed by atoms with E-state index < -0.39 is 0 Å². The molecule has 0 saturated carbocycles. The van der Waals surface area contributed by atoms with Crippen molar-refractivity contribution < 1.29 is 4.79 Å². The lowest BCUT2D eigenvalue weighted by molar-refractivity contribution is -0.117. The first-order chi connectivity index (χ1) is 12.0. The highest BCUT2D eigenvalue weighted by Gasteiger charge is 2.32. The van der Waals surface area contributed by atoms with Crippen molar-refractivity contribution in [1.29, 1.82) is 5.26 Å². The van der Waals surface area contributed by atoms with Crippen LogP contribution in [0.15, 0.2) is 42.5 Å². The Morgan fingerprint density at radius 1 is 1.28 bits per heavy atom. The van der Waals surface area contributed by atoms with Gasteiger partial charge < -0.3 is 10.2 Å². The molecule has 0 fully saturated rings. The quantitative estimate of drug-likeness (QED) is 0.908. The van der Waals surface area contributed by atoms with Crippen molar-refractivity contribution >= 4 is 17.3 Å². The van der Waals surface area contributed by atoms with Crippen LogP contribution in [0.1, 0.15) is 43.0 Å². The van der Waals surface area contributed by atoms with Gasteiger partial charge in [0.15, 0.2) is 0 Å². The Hall–Kier alpha value is -2.80. The number of carbonyl (C=O) groups is 1. The number of hydrogen-bond donors (Lipinski definition) is 1. The van der Waals surface area contributed by atoms with Crippen LogP contribution >= 0.6 is 0 Å². The van der Waals surface area contributed by atoms with E-state index >= 15 is 0 Å². The third kappa shape index (κ3) is 3.51. The molecule has 0 bridgehead atoms. The van der Waals surface area contributed by atoms with Crippen LogP contribution in [0.2, 0.25) is 0 Å². The van der Waals surface area contributed by atoms with E-state index in [1.807, 2.05) is 35.2 Å². The van der Waals surface area contributed by atoms with Gasteiger partial charge in [-0.25, -0.2) is 0 Å². The van der Waals surface area contributed by atoms with Crippen LogP contribution in [0.25, 0.3) is 0 Å². The minimum atomic E-state index is 0.0805.